The first-order valence-electron chi connectivity index (χ1n) is 37.3. The minimum Gasteiger partial charge on any atom is -0.481 e. The molecule has 4 aromatic carbocycles. The lowest BCUT2D eigenvalue weighted by Gasteiger charge is -2.41. The number of nitrogens with one attached hydrogen (secondary N) is 3. The van der Waals surface area contributed by atoms with E-state index >= 15 is 0 Å². The number of rotatable bonds is 10. The molecule has 4 spiro atoms. The number of likely N-dealkylation sites (N-methyl/N-ethyl adjacent to an activating group) is 1. The second-order valence-electron chi connectivity index (χ2n) is 34.0. The summed E-state index contributed by atoms with van der Waals surface area (Å²) in [5.74, 6) is -0.594. The van der Waals surface area contributed by atoms with Crippen molar-refractivity contribution in [2.24, 2.45) is 10.8 Å². The summed E-state index contributed by atoms with van der Waals surface area (Å²) in [6.45, 7) is 38.1. The number of hydrogen-bond donors (Lipinski definition) is 4. The molecule has 1 unspecified atom stereocenters. The number of ether oxygens (including phenoxy) is 1. The summed E-state index contributed by atoms with van der Waals surface area (Å²) in [7, 11) is 0. The van der Waals surface area contributed by atoms with E-state index in [1.54, 1.807) is 11.8 Å². The maximum atomic E-state index is 12.7. The third kappa shape index (κ3) is 17.7. The average molecular weight is 1350 g/mol. The van der Waals surface area contributed by atoms with Gasteiger partial charge in [-0.05, 0) is 245 Å². The van der Waals surface area contributed by atoms with Crippen molar-refractivity contribution in [2.45, 2.75) is 231 Å². The zero-order valence-corrected chi connectivity index (χ0v) is 61.6. The van der Waals surface area contributed by atoms with Crippen LogP contribution in [0.1, 0.15) is 257 Å². The van der Waals surface area contributed by atoms with Gasteiger partial charge in [-0.2, -0.15) is 0 Å². The van der Waals surface area contributed by atoms with E-state index in [1.807, 2.05) is 57.7 Å². The molecule has 13 rings (SSSR count). The molecule has 16 heteroatoms. The van der Waals surface area contributed by atoms with Gasteiger partial charge >= 0.3 is 18.1 Å². The van der Waals surface area contributed by atoms with Gasteiger partial charge in [-0.3, -0.25) is 24.1 Å². The van der Waals surface area contributed by atoms with Crippen LogP contribution in [0.2, 0.25) is 0 Å². The van der Waals surface area contributed by atoms with Crippen molar-refractivity contribution >= 4 is 35.7 Å². The topological polar surface area (TPSA) is 184 Å². The van der Waals surface area contributed by atoms with Crippen molar-refractivity contribution in [3.05, 3.63) is 141 Å². The van der Waals surface area contributed by atoms with Crippen molar-refractivity contribution in [1.29, 1.82) is 0 Å². The summed E-state index contributed by atoms with van der Waals surface area (Å²) in [6.07, 6.45) is 16.3. The van der Waals surface area contributed by atoms with Gasteiger partial charge in [0.25, 0.3) is 0 Å². The van der Waals surface area contributed by atoms with Gasteiger partial charge in [-0.25, -0.2) is 9.59 Å². The van der Waals surface area contributed by atoms with Gasteiger partial charge < -0.3 is 45.4 Å². The largest absolute Gasteiger partial charge is 0.481 e. The average Bonchev–Trinajstić information content (AvgIpc) is 1.62. The van der Waals surface area contributed by atoms with Crippen molar-refractivity contribution in [3.8, 4) is 0 Å². The number of likely N-dealkylation sites (tertiary alicyclic amines) is 5. The Labute approximate surface area is 592 Å². The molecule has 0 saturated carbocycles. The predicted molar refractivity (Wildman–Crippen MR) is 398 cm³/mol. The second-order valence-corrected chi connectivity index (χ2v) is 34.0. The van der Waals surface area contributed by atoms with Crippen LogP contribution in [0.3, 0.4) is 0 Å². The Balaban J connectivity index is 0.000000212. The molecule has 98 heavy (non-hydrogen) atoms. The van der Waals surface area contributed by atoms with Crippen LogP contribution in [0, 0.1) is 17.8 Å². The van der Waals surface area contributed by atoms with Gasteiger partial charge in [0, 0.05) is 73.6 Å². The van der Waals surface area contributed by atoms with E-state index in [-0.39, 0.29) is 75.1 Å². The minimum absolute atomic E-state index is 0. The number of carbonyl (C=O) groups is 6. The molecule has 0 radical (unpaired) electrons. The van der Waals surface area contributed by atoms with Gasteiger partial charge in [0.05, 0.1) is 24.5 Å². The highest BCUT2D eigenvalue weighted by atomic mass is 16.6. The van der Waals surface area contributed by atoms with Gasteiger partial charge in [0.2, 0.25) is 11.8 Å². The first kappa shape index (κ1) is 74.1. The Bertz CT molecular complexity index is 3470. The molecular formula is C82H126N8O8. The van der Waals surface area contributed by atoms with Crippen molar-refractivity contribution in [2.75, 3.05) is 91.6 Å². The molecule has 5 amide bonds. The Morgan fingerprint density at radius 1 is 0.551 bits per heavy atom. The number of aryl methyl sites for hydroxylation is 1. The first-order valence-corrected chi connectivity index (χ1v) is 37.3. The lowest BCUT2D eigenvalue weighted by Crippen LogP contribution is -2.46. The van der Waals surface area contributed by atoms with Crippen LogP contribution >= 0.6 is 0 Å². The first-order chi connectivity index (χ1) is 46.4. The smallest absolute Gasteiger partial charge is 0.410 e. The number of hydrogen-bond acceptors (Lipinski definition) is 10. The van der Waals surface area contributed by atoms with Crippen LogP contribution in [-0.2, 0) is 40.8 Å². The number of piperidine rings is 4. The highest BCUT2D eigenvalue weighted by molar-refractivity contribution is 6.02. The fourth-order valence-electron chi connectivity index (χ4n) is 17.7. The molecule has 9 aliphatic rings. The standard InChI is InChI=1S/C24H37N3O.C20H29NO2.C19H27N3O2.C19H25NO3.4H2/c1-23(2,3)10-15-26-16-11-24(12-17-26)18-21(19-8-4-5-9-20(19)24)25-22(28)27-13-6-7-14-27;1-19(2,3)8-11-21-12-9-20(10-13-21)14-16(18(22)23)15-6-4-5-7-17(15)20;1-3-20-18(24)13-22-10-8-19(9-11-22)12-17(21-14(2)23)15-6-4-5-7-16(15)19;1-13-5-6-15-14(11-13)16(21)12-19(15)7-9-20(10-8-19)17(22)23-18(2,3)4;;;;/h4-5,8-9,21H,6-7,10-18H2,1-3H3,(H,25,28);4-7,16H,8-14H2,1-3H3,(H,22,23);4-7,17H,3,8-13H2,1-2H3,(H,20,24)(H,21,23);5-6,11H,7-10,12H2,1-4H3;4*1H/t21-;;17-;;;;;/m0.0...../s1. The third-order valence-electron chi connectivity index (χ3n) is 23.3. The Morgan fingerprint density at radius 2 is 1.00 bits per heavy atom. The molecule has 542 valence electrons. The molecule has 5 heterocycles. The highest BCUT2D eigenvalue weighted by Crippen LogP contribution is 2.54. The van der Waals surface area contributed by atoms with E-state index in [0.717, 1.165) is 133 Å². The van der Waals surface area contributed by atoms with Gasteiger partial charge in [0.15, 0.2) is 5.78 Å². The number of ketones is 1. The van der Waals surface area contributed by atoms with Crippen molar-refractivity contribution < 1.29 is 44.3 Å². The molecule has 5 saturated heterocycles. The van der Waals surface area contributed by atoms with Gasteiger partial charge in [-0.15, -0.1) is 0 Å². The molecule has 3 atom stereocenters. The molecule has 4 aromatic rings. The fourth-order valence-corrected chi connectivity index (χ4v) is 17.7. The van der Waals surface area contributed by atoms with Gasteiger partial charge in [0.1, 0.15) is 5.60 Å². The monoisotopic (exact) mass is 1350 g/mol. The second kappa shape index (κ2) is 30.7. The molecular weight excluding hydrogens is 1220 g/mol. The SMILES string of the molecule is CC(C)(C)CCN1CCC2(CC1)CC(C(=O)O)c1ccccc12.CC(C)(C)CCN1CCC2(CC1)C[C@H](NC(=O)N1CCCC1)c1ccccc12.CCNC(=O)CN1CCC2(CC1)C[C@H](NC(C)=O)c1ccccc12.Cc1ccc2c(c1)C(=O)CC21CCN(C(=O)OC(C)(C)C)CC1.[HH].[HH].[HH].[HH]. The molecule has 4 aliphatic carbocycles. The summed E-state index contributed by atoms with van der Waals surface area (Å²) >= 11 is 0. The number of carbonyl (C=O) groups excluding carboxylic acids is 5. The predicted octanol–water partition coefficient (Wildman–Crippen LogP) is 15.3. The van der Waals surface area contributed by atoms with E-state index in [4.69, 9.17) is 4.74 Å². The molecule has 4 N–H and O–H groups in total. The number of fused-ring (bicyclic) bond motifs is 8. The highest BCUT2D eigenvalue weighted by Gasteiger charge is 2.51. The maximum Gasteiger partial charge on any atom is 0.410 e. The molecule has 0 aromatic heterocycles. The summed E-state index contributed by atoms with van der Waals surface area (Å²) in [5, 5.41) is 19.0. The number of nitrogens with zero attached hydrogens (tertiary/aromatic N) is 5. The fraction of sp³-hybridized carbons (Fsp3) is 0.634. The third-order valence-corrected chi connectivity index (χ3v) is 23.3. The van der Waals surface area contributed by atoms with E-state index < -0.39 is 11.6 Å². The van der Waals surface area contributed by atoms with Crippen LogP contribution in [0.4, 0.5) is 9.59 Å². The van der Waals surface area contributed by atoms with Gasteiger partial charge in [-0.1, -0.05) is 132 Å². The van der Waals surface area contributed by atoms with E-state index in [0.29, 0.717) is 43.4 Å². The number of benzene rings is 4. The summed E-state index contributed by atoms with van der Waals surface area (Å²) in [5.41, 5.74) is 11.8. The summed E-state index contributed by atoms with van der Waals surface area (Å²) < 4.78 is 5.45. The van der Waals surface area contributed by atoms with Crippen LogP contribution in [0.15, 0.2) is 91.0 Å². The quantitative estimate of drug-likeness (QED) is 0.118. The molecule has 16 nitrogen and oxygen atoms in total. The van der Waals surface area contributed by atoms with E-state index in [2.05, 4.69) is 145 Å². The number of urea groups is 1. The Morgan fingerprint density at radius 3 is 1.47 bits per heavy atom. The van der Waals surface area contributed by atoms with E-state index in [1.165, 1.54) is 78.7 Å². The minimum atomic E-state index is -0.663. The number of carboxylic acid groups (broad SMARTS) is 1. The summed E-state index contributed by atoms with van der Waals surface area (Å²) in [4.78, 5) is 83.5. The number of aliphatic carboxylic acids is 1. The van der Waals surface area contributed by atoms with E-state index in [9.17, 15) is 33.9 Å². The molecule has 5 aliphatic heterocycles. The molecule has 5 fully saturated rings. The lowest BCUT2D eigenvalue weighted by atomic mass is 9.73. The number of amides is 5. The Kier molecular flexibility index (Phi) is 23.2. The van der Waals surface area contributed by atoms with Crippen LogP contribution in [-0.4, -0.2) is 163 Å². The maximum absolute atomic E-state index is 12.7. The van der Waals surface area contributed by atoms with Crippen LogP contribution in [0.25, 0.3) is 0 Å². The number of Topliss-reactive ketones (excluding diaryl/α,β-unsaturated/α-hetero) is 1. The Hall–Kier alpha value is -6.62. The van der Waals surface area contributed by atoms with Crippen molar-refractivity contribution in [1.82, 2.24) is 40.4 Å². The zero-order valence-electron chi connectivity index (χ0n) is 61.6. The molecule has 0 bridgehead atoms. The van der Waals surface area contributed by atoms with Crippen molar-refractivity contribution in [3.63, 3.8) is 0 Å². The normalized spacial score (nSPS) is 22.7. The number of carboxylic acids is 1. The lowest BCUT2D eigenvalue weighted by molar-refractivity contribution is -0.139. The summed E-state index contributed by atoms with van der Waals surface area (Å²) in [6, 6.07) is 32.2. The van der Waals surface area contributed by atoms with Crippen LogP contribution < -0.4 is 16.0 Å². The van der Waals surface area contributed by atoms with Crippen LogP contribution in [0.5, 0.6) is 0 Å². The zero-order chi connectivity index (χ0) is 70.4.